The zero-order valence-corrected chi connectivity index (χ0v) is 15.2. The van der Waals surface area contributed by atoms with E-state index in [9.17, 15) is 5.11 Å². The second kappa shape index (κ2) is 9.14. The van der Waals surface area contributed by atoms with Gasteiger partial charge in [0.2, 0.25) is 0 Å². The molecule has 0 saturated carbocycles. The number of aliphatic hydroxyl groups is 1. The molecule has 2 aromatic carbocycles. The summed E-state index contributed by atoms with van der Waals surface area (Å²) in [6.07, 6.45) is 3.34. The predicted molar refractivity (Wildman–Crippen MR) is 101 cm³/mol. The van der Waals surface area contributed by atoms with Crippen LogP contribution in [-0.4, -0.2) is 37.5 Å². The molecular weight excluding hydrogens is 310 g/mol. The maximum absolute atomic E-state index is 10.4. The first-order chi connectivity index (χ1) is 12.2. The van der Waals surface area contributed by atoms with E-state index in [2.05, 4.69) is 43.3 Å². The Labute approximate surface area is 151 Å². The minimum absolute atomic E-state index is 0.132. The van der Waals surface area contributed by atoms with E-state index in [0.29, 0.717) is 6.61 Å². The van der Waals surface area contributed by atoms with Gasteiger partial charge in [0.25, 0.3) is 0 Å². The Morgan fingerprint density at radius 2 is 1.56 bits per heavy atom. The number of aryl methyl sites for hydroxylation is 1. The summed E-state index contributed by atoms with van der Waals surface area (Å²) in [5, 5.41) is 10.4. The second-order valence-electron chi connectivity index (χ2n) is 7.20. The SMILES string of the molecule is Cc1ccc([C@@H](OC[C@@H](O)C[NH+]2CCCCC2)c2ccccc2)cc1. The van der Waals surface area contributed by atoms with Gasteiger partial charge in [-0.05, 0) is 37.3 Å². The third-order valence-corrected chi connectivity index (χ3v) is 5.02. The Balaban J connectivity index is 1.64. The van der Waals surface area contributed by atoms with Gasteiger partial charge in [0, 0.05) is 0 Å². The summed E-state index contributed by atoms with van der Waals surface area (Å²) in [5.74, 6) is 0. The van der Waals surface area contributed by atoms with Crippen molar-refractivity contribution in [3.05, 3.63) is 71.3 Å². The van der Waals surface area contributed by atoms with Gasteiger partial charge in [-0.1, -0.05) is 60.2 Å². The number of hydrogen-bond donors (Lipinski definition) is 2. The second-order valence-corrected chi connectivity index (χ2v) is 7.20. The van der Waals surface area contributed by atoms with Gasteiger partial charge >= 0.3 is 0 Å². The molecule has 0 spiro atoms. The molecule has 3 heteroatoms. The third-order valence-electron chi connectivity index (χ3n) is 5.02. The van der Waals surface area contributed by atoms with Crippen molar-refractivity contribution in [3.8, 4) is 0 Å². The smallest absolute Gasteiger partial charge is 0.126 e. The summed E-state index contributed by atoms with van der Waals surface area (Å²) in [5.41, 5.74) is 3.50. The van der Waals surface area contributed by atoms with Crippen molar-refractivity contribution >= 4 is 0 Å². The number of hydrogen-bond acceptors (Lipinski definition) is 2. The van der Waals surface area contributed by atoms with Gasteiger partial charge in [-0.25, -0.2) is 0 Å². The molecule has 1 fully saturated rings. The first kappa shape index (κ1) is 18.1. The van der Waals surface area contributed by atoms with Crippen LogP contribution < -0.4 is 4.90 Å². The molecule has 0 aromatic heterocycles. The number of rotatable bonds is 7. The van der Waals surface area contributed by atoms with Gasteiger partial charge in [-0.2, -0.15) is 0 Å². The van der Waals surface area contributed by atoms with Gasteiger partial charge in [-0.15, -0.1) is 0 Å². The van der Waals surface area contributed by atoms with Crippen LogP contribution in [0.25, 0.3) is 0 Å². The van der Waals surface area contributed by atoms with Crippen LogP contribution in [0.15, 0.2) is 54.6 Å². The van der Waals surface area contributed by atoms with Gasteiger partial charge in [0.1, 0.15) is 18.8 Å². The number of piperidine rings is 1. The van der Waals surface area contributed by atoms with E-state index in [1.807, 2.05) is 18.2 Å². The molecule has 2 aromatic rings. The Morgan fingerprint density at radius 1 is 0.920 bits per heavy atom. The number of ether oxygens (including phenoxy) is 1. The van der Waals surface area contributed by atoms with Crippen LogP contribution in [0.2, 0.25) is 0 Å². The van der Waals surface area contributed by atoms with Crippen LogP contribution in [0.5, 0.6) is 0 Å². The molecule has 1 saturated heterocycles. The zero-order chi connectivity index (χ0) is 17.5. The van der Waals surface area contributed by atoms with E-state index in [0.717, 1.165) is 17.7 Å². The molecule has 0 bridgehead atoms. The molecule has 3 rings (SSSR count). The molecule has 0 unspecified atom stereocenters. The highest BCUT2D eigenvalue weighted by Gasteiger charge is 2.21. The highest BCUT2D eigenvalue weighted by molar-refractivity contribution is 5.31. The summed E-state index contributed by atoms with van der Waals surface area (Å²) in [4.78, 5) is 1.51. The summed E-state index contributed by atoms with van der Waals surface area (Å²) in [6, 6.07) is 18.7. The summed E-state index contributed by atoms with van der Waals surface area (Å²) < 4.78 is 6.19. The molecule has 1 aliphatic heterocycles. The topological polar surface area (TPSA) is 33.9 Å². The van der Waals surface area contributed by atoms with Crippen molar-refractivity contribution in [1.29, 1.82) is 0 Å². The van der Waals surface area contributed by atoms with Crippen LogP contribution in [0.4, 0.5) is 0 Å². The lowest BCUT2D eigenvalue weighted by molar-refractivity contribution is -0.908. The van der Waals surface area contributed by atoms with Crippen molar-refractivity contribution in [1.82, 2.24) is 0 Å². The average Bonchev–Trinajstić information content (AvgIpc) is 2.65. The van der Waals surface area contributed by atoms with Crippen molar-refractivity contribution in [2.45, 2.75) is 38.4 Å². The Bertz CT molecular complexity index is 620. The maximum atomic E-state index is 10.4. The van der Waals surface area contributed by atoms with E-state index >= 15 is 0 Å². The lowest BCUT2D eigenvalue weighted by atomic mass is 10.0. The molecule has 2 N–H and O–H groups in total. The quantitative estimate of drug-likeness (QED) is 0.812. The van der Waals surface area contributed by atoms with Crippen LogP contribution in [0.3, 0.4) is 0 Å². The molecule has 134 valence electrons. The van der Waals surface area contributed by atoms with Gasteiger partial charge < -0.3 is 14.7 Å². The van der Waals surface area contributed by atoms with Gasteiger partial charge in [-0.3, -0.25) is 0 Å². The van der Waals surface area contributed by atoms with Crippen molar-refractivity contribution in [2.24, 2.45) is 0 Å². The highest BCUT2D eigenvalue weighted by Crippen LogP contribution is 2.26. The highest BCUT2D eigenvalue weighted by atomic mass is 16.5. The lowest BCUT2D eigenvalue weighted by Gasteiger charge is -2.27. The van der Waals surface area contributed by atoms with E-state index in [1.54, 1.807) is 0 Å². The standard InChI is InChI=1S/C22H29NO2/c1-18-10-12-20(13-11-18)22(19-8-4-2-5-9-19)25-17-21(24)16-23-14-6-3-7-15-23/h2,4-5,8-13,21-22,24H,3,6-7,14-17H2,1H3/p+1/t21-,22-/m0/s1. The average molecular weight is 340 g/mol. The molecule has 1 aliphatic rings. The Morgan fingerprint density at radius 3 is 2.24 bits per heavy atom. The first-order valence-electron chi connectivity index (χ1n) is 9.47. The van der Waals surface area contributed by atoms with Gasteiger partial charge in [0.05, 0.1) is 19.7 Å². The zero-order valence-electron chi connectivity index (χ0n) is 15.2. The van der Waals surface area contributed by atoms with Crippen molar-refractivity contribution < 1.29 is 14.7 Å². The summed E-state index contributed by atoms with van der Waals surface area (Å²) in [6.45, 7) is 5.61. The number of nitrogens with one attached hydrogen (secondary N) is 1. The fourth-order valence-corrected chi connectivity index (χ4v) is 3.61. The largest absolute Gasteiger partial charge is 0.385 e. The van der Waals surface area contributed by atoms with E-state index in [1.165, 1.54) is 42.8 Å². The summed E-state index contributed by atoms with van der Waals surface area (Å²) in [7, 11) is 0. The maximum Gasteiger partial charge on any atom is 0.126 e. The third kappa shape index (κ3) is 5.40. The first-order valence-corrected chi connectivity index (χ1v) is 9.47. The molecule has 0 radical (unpaired) electrons. The Kier molecular flexibility index (Phi) is 6.62. The van der Waals surface area contributed by atoms with Crippen LogP contribution in [-0.2, 0) is 4.74 Å². The van der Waals surface area contributed by atoms with Crippen LogP contribution >= 0.6 is 0 Å². The number of benzene rings is 2. The van der Waals surface area contributed by atoms with Crippen LogP contribution in [0.1, 0.15) is 42.1 Å². The van der Waals surface area contributed by atoms with E-state index in [4.69, 9.17) is 4.74 Å². The number of aliphatic hydroxyl groups excluding tert-OH is 1. The molecular formula is C22H30NO2+. The molecule has 2 atom stereocenters. The fourth-order valence-electron chi connectivity index (χ4n) is 3.61. The monoisotopic (exact) mass is 340 g/mol. The van der Waals surface area contributed by atoms with Crippen molar-refractivity contribution in [3.63, 3.8) is 0 Å². The molecule has 0 amide bonds. The Hall–Kier alpha value is -1.68. The molecule has 25 heavy (non-hydrogen) atoms. The fraction of sp³-hybridized carbons (Fsp3) is 0.455. The van der Waals surface area contributed by atoms with Gasteiger partial charge in [0.15, 0.2) is 0 Å². The molecule has 3 nitrogen and oxygen atoms in total. The lowest BCUT2D eigenvalue weighted by Crippen LogP contribution is -3.14. The minimum atomic E-state index is -0.412. The number of quaternary nitrogens is 1. The molecule has 0 aliphatic carbocycles. The van der Waals surface area contributed by atoms with E-state index < -0.39 is 6.10 Å². The molecule has 1 heterocycles. The number of likely N-dealkylation sites (tertiary alicyclic amines) is 1. The predicted octanol–water partition coefficient (Wildman–Crippen LogP) is 2.53. The van der Waals surface area contributed by atoms with E-state index in [-0.39, 0.29) is 6.10 Å². The normalized spacial score (nSPS) is 18.0. The van der Waals surface area contributed by atoms with Crippen molar-refractivity contribution in [2.75, 3.05) is 26.2 Å². The minimum Gasteiger partial charge on any atom is -0.385 e. The summed E-state index contributed by atoms with van der Waals surface area (Å²) >= 11 is 0. The van der Waals surface area contributed by atoms with Crippen LogP contribution in [0, 0.1) is 6.92 Å².